The third kappa shape index (κ3) is 4.49. The maximum absolute atomic E-state index is 5.39. The van der Waals surface area contributed by atoms with Gasteiger partial charge in [0.25, 0.3) is 0 Å². The molecule has 5 heteroatoms. The van der Waals surface area contributed by atoms with Crippen LogP contribution in [0.5, 0.6) is 0 Å². The van der Waals surface area contributed by atoms with Crippen LogP contribution in [0.2, 0.25) is 0 Å². The Bertz CT molecular complexity index is 357. The SMILES string of the molecule is CCNc1cc(N(CC)CCOCC)nc(C)n1. The first kappa shape index (κ1) is 14.7. The van der Waals surface area contributed by atoms with Crippen LogP contribution in [-0.4, -0.2) is 42.8 Å². The van der Waals surface area contributed by atoms with Crippen molar-refractivity contribution in [3.63, 3.8) is 0 Å². The van der Waals surface area contributed by atoms with E-state index in [9.17, 15) is 0 Å². The zero-order valence-electron chi connectivity index (χ0n) is 11.9. The topological polar surface area (TPSA) is 50.3 Å². The van der Waals surface area contributed by atoms with Gasteiger partial charge in [0.05, 0.1) is 6.61 Å². The summed E-state index contributed by atoms with van der Waals surface area (Å²) in [5.41, 5.74) is 0. The predicted octanol–water partition coefficient (Wildman–Crippen LogP) is 2.08. The lowest BCUT2D eigenvalue weighted by Gasteiger charge is -2.22. The van der Waals surface area contributed by atoms with Crippen LogP contribution in [0.3, 0.4) is 0 Å². The molecule has 0 aliphatic rings. The van der Waals surface area contributed by atoms with Gasteiger partial charge in [-0.05, 0) is 27.7 Å². The molecule has 0 amide bonds. The first-order valence-electron chi connectivity index (χ1n) is 6.63. The number of aromatic nitrogens is 2. The average Bonchev–Trinajstić information content (AvgIpc) is 2.34. The maximum Gasteiger partial charge on any atom is 0.134 e. The number of likely N-dealkylation sites (N-methyl/N-ethyl adjacent to an activating group) is 1. The van der Waals surface area contributed by atoms with Gasteiger partial charge < -0.3 is 15.0 Å². The van der Waals surface area contributed by atoms with Gasteiger partial charge in [-0.15, -0.1) is 0 Å². The van der Waals surface area contributed by atoms with Gasteiger partial charge in [-0.25, -0.2) is 9.97 Å². The summed E-state index contributed by atoms with van der Waals surface area (Å²) in [6.07, 6.45) is 0. The first-order chi connectivity index (χ1) is 8.71. The van der Waals surface area contributed by atoms with E-state index < -0.39 is 0 Å². The lowest BCUT2D eigenvalue weighted by atomic mass is 10.4. The molecular formula is C13H24N4O. The molecule has 102 valence electrons. The number of hydrogen-bond acceptors (Lipinski definition) is 5. The Labute approximate surface area is 110 Å². The molecule has 0 bridgehead atoms. The van der Waals surface area contributed by atoms with Gasteiger partial charge in [0, 0.05) is 32.3 Å². The van der Waals surface area contributed by atoms with Crippen molar-refractivity contribution in [1.29, 1.82) is 0 Å². The van der Waals surface area contributed by atoms with Crippen molar-refractivity contribution >= 4 is 11.6 Å². The quantitative estimate of drug-likeness (QED) is 0.718. The van der Waals surface area contributed by atoms with Crippen molar-refractivity contribution in [2.75, 3.05) is 43.1 Å². The Morgan fingerprint density at radius 2 is 2.06 bits per heavy atom. The fourth-order valence-corrected chi connectivity index (χ4v) is 1.74. The number of ether oxygens (including phenoxy) is 1. The van der Waals surface area contributed by atoms with Crippen molar-refractivity contribution in [2.24, 2.45) is 0 Å². The molecule has 0 aromatic carbocycles. The minimum atomic E-state index is 0.726. The molecule has 18 heavy (non-hydrogen) atoms. The van der Waals surface area contributed by atoms with Gasteiger partial charge in [-0.2, -0.15) is 0 Å². The summed E-state index contributed by atoms with van der Waals surface area (Å²) in [5, 5.41) is 3.23. The first-order valence-corrected chi connectivity index (χ1v) is 6.63. The second-order valence-electron chi connectivity index (χ2n) is 3.97. The fourth-order valence-electron chi connectivity index (χ4n) is 1.74. The molecule has 0 fully saturated rings. The molecule has 0 radical (unpaired) electrons. The summed E-state index contributed by atoms with van der Waals surface area (Å²) >= 11 is 0. The Hall–Kier alpha value is -1.36. The van der Waals surface area contributed by atoms with Crippen LogP contribution in [0.15, 0.2) is 6.07 Å². The average molecular weight is 252 g/mol. The molecule has 0 aliphatic carbocycles. The van der Waals surface area contributed by atoms with Crippen molar-refractivity contribution in [2.45, 2.75) is 27.7 Å². The minimum Gasteiger partial charge on any atom is -0.380 e. The summed E-state index contributed by atoms with van der Waals surface area (Å²) < 4.78 is 5.39. The molecule has 0 spiro atoms. The van der Waals surface area contributed by atoms with Crippen LogP contribution in [0.4, 0.5) is 11.6 Å². The van der Waals surface area contributed by atoms with E-state index in [2.05, 4.69) is 34.0 Å². The molecule has 0 aliphatic heterocycles. The van der Waals surface area contributed by atoms with E-state index in [1.165, 1.54) is 0 Å². The summed E-state index contributed by atoms with van der Waals surface area (Å²) in [6, 6.07) is 1.99. The minimum absolute atomic E-state index is 0.726. The van der Waals surface area contributed by atoms with E-state index in [0.717, 1.165) is 50.3 Å². The summed E-state index contributed by atoms with van der Waals surface area (Å²) in [7, 11) is 0. The number of aryl methyl sites for hydroxylation is 1. The molecule has 5 nitrogen and oxygen atoms in total. The number of rotatable bonds is 8. The Morgan fingerprint density at radius 1 is 1.28 bits per heavy atom. The van der Waals surface area contributed by atoms with Crippen molar-refractivity contribution < 1.29 is 4.74 Å². The van der Waals surface area contributed by atoms with E-state index in [0.29, 0.717) is 0 Å². The van der Waals surface area contributed by atoms with Crippen molar-refractivity contribution in [3.8, 4) is 0 Å². The largest absolute Gasteiger partial charge is 0.380 e. The molecule has 1 aromatic rings. The lowest BCUT2D eigenvalue weighted by Crippen LogP contribution is -2.28. The standard InChI is InChI=1S/C13H24N4O/c1-5-14-12-10-13(16-11(4)15-12)17(6-2)8-9-18-7-3/h10H,5-9H2,1-4H3,(H,14,15,16). The van der Waals surface area contributed by atoms with E-state index >= 15 is 0 Å². The predicted molar refractivity (Wildman–Crippen MR) is 75.3 cm³/mol. The smallest absolute Gasteiger partial charge is 0.134 e. The van der Waals surface area contributed by atoms with E-state index in [1.807, 2.05) is 19.9 Å². The van der Waals surface area contributed by atoms with E-state index in [-0.39, 0.29) is 0 Å². The number of nitrogens with one attached hydrogen (secondary N) is 1. The van der Waals surface area contributed by atoms with Crippen LogP contribution < -0.4 is 10.2 Å². The van der Waals surface area contributed by atoms with Crippen LogP contribution in [0.1, 0.15) is 26.6 Å². The van der Waals surface area contributed by atoms with Crippen LogP contribution >= 0.6 is 0 Å². The highest BCUT2D eigenvalue weighted by Gasteiger charge is 2.08. The molecule has 0 atom stereocenters. The molecule has 1 rings (SSSR count). The zero-order chi connectivity index (χ0) is 13.4. The number of anilines is 2. The normalized spacial score (nSPS) is 10.4. The molecule has 0 saturated heterocycles. The zero-order valence-corrected chi connectivity index (χ0v) is 11.9. The molecule has 0 unspecified atom stereocenters. The van der Waals surface area contributed by atoms with Crippen molar-refractivity contribution in [1.82, 2.24) is 9.97 Å². The number of nitrogens with zero attached hydrogens (tertiary/aromatic N) is 3. The highest BCUT2D eigenvalue weighted by atomic mass is 16.5. The van der Waals surface area contributed by atoms with Gasteiger partial charge in [0.15, 0.2) is 0 Å². The second kappa shape index (κ2) is 7.87. The number of hydrogen-bond donors (Lipinski definition) is 1. The third-order valence-electron chi connectivity index (χ3n) is 2.60. The van der Waals surface area contributed by atoms with Gasteiger partial charge in [-0.1, -0.05) is 0 Å². The Balaban J connectivity index is 2.77. The van der Waals surface area contributed by atoms with Gasteiger partial charge in [-0.3, -0.25) is 0 Å². The summed E-state index contributed by atoms with van der Waals surface area (Å²) in [5.74, 6) is 2.63. The highest BCUT2D eigenvalue weighted by molar-refractivity contribution is 5.49. The molecule has 1 heterocycles. The van der Waals surface area contributed by atoms with E-state index in [4.69, 9.17) is 4.74 Å². The van der Waals surface area contributed by atoms with Crippen LogP contribution in [0.25, 0.3) is 0 Å². The van der Waals surface area contributed by atoms with Crippen LogP contribution in [0, 0.1) is 6.92 Å². The Morgan fingerprint density at radius 3 is 2.67 bits per heavy atom. The molecule has 0 saturated carbocycles. The second-order valence-corrected chi connectivity index (χ2v) is 3.97. The van der Waals surface area contributed by atoms with Crippen LogP contribution in [-0.2, 0) is 4.74 Å². The van der Waals surface area contributed by atoms with Gasteiger partial charge >= 0.3 is 0 Å². The fraction of sp³-hybridized carbons (Fsp3) is 0.692. The molecule has 1 N–H and O–H groups in total. The van der Waals surface area contributed by atoms with Gasteiger partial charge in [0.2, 0.25) is 0 Å². The molecule has 1 aromatic heterocycles. The maximum atomic E-state index is 5.39. The van der Waals surface area contributed by atoms with Gasteiger partial charge in [0.1, 0.15) is 17.5 Å². The summed E-state index contributed by atoms with van der Waals surface area (Å²) in [4.78, 5) is 11.0. The van der Waals surface area contributed by atoms with E-state index in [1.54, 1.807) is 0 Å². The summed E-state index contributed by atoms with van der Waals surface area (Å²) in [6.45, 7) is 12.2. The third-order valence-corrected chi connectivity index (χ3v) is 2.60. The molecular weight excluding hydrogens is 228 g/mol. The monoisotopic (exact) mass is 252 g/mol. The van der Waals surface area contributed by atoms with Crippen molar-refractivity contribution in [3.05, 3.63) is 11.9 Å². The Kier molecular flexibility index (Phi) is 6.43. The lowest BCUT2D eigenvalue weighted by molar-refractivity contribution is 0.154. The highest BCUT2D eigenvalue weighted by Crippen LogP contribution is 2.15.